The SMILES string of the molecule is CCN(CC)c1nc(N)ncc1C. The first kappa shape index (κ1) is 9.77. The van der Waals surface area contributed by atoms with E-state index >= 15 is 0 Å². The smallest absolute Gasteiger partial charge is 0.221 e. The highest BCUT2D eigenvalue weighted by molar-refractivity contribution is 5.47. The lowest BCUT2D eigenvalue weighted by Crippen LogP contribution is -2.24. The molecule has 0 aromatic carbocycles. The number of hydrogen-bond acceptors (Lipinski definition) is 4. The van der Waals surface area contributed by atoms with Gasteiger partial charge in [0, 0.05) is 24.8 Å². The number of aryl methyl sites for hydroxylation is 1. The Kier molecular flexibility index (Phi) is 3.06. The van der Waals surface area contributed by atoms with Crippen molar-refractivity contribution in [1.82, 2.24) is 9.97 Å². The van der Waals surface area contributed by atoms with Crippen LogP contribution in [-0.2, 0) is 0 Å². The second-order valence-electron chi connectivity index (χ2n) is 2.91. The number of anilines is 2. The van der Waals surface area contributed by atoms with Crippen molar-refractivity contribution in [3.8, 4) is 0 Å². The third kappa shape index (κ3) is 2.08. The number of nitrogens with two attached hydrogens (primary N) is 1. The average Bonchev–Trinajstić information content (AvgIpc) is 2.13. The highest BCUT2D eigenvalue weighted by Crippen LogP contribution is 2.15. The van der Waals surface area contributed by atoms with Gasteiger partial charge in [-0.1, -0.05) is 0 Å². The summed E-state index contributed by atoms with van der Waals surface area (Å²) in [6, 6.07) is 0. The lowest BCUT2D eigenvalue weighted by Gasteiger charge is -2.21. The molecular weight excluding hydrogens is 164 g/mol. The molecule has 72 valence electrons. The van der Waals surface area contributed by atoms with Gasteiger partial charge in [0.2, 0.25) is 5.95 Å². The Morgan fingerprint density at radius 1 is 1.38 bits per heavy atom. The van der Waals surface area contributed by atoms with E-state index in [0.29, 0.717) is 5.95 Å². The Bertz CT molecular complexity index is 281. The summed E-state index contributed by atoms with van der Waals surface area (Å²) in [5.74, 6) is 1.28. The third-order valence-electron chi connectivity index (χ3n) is 2.03. The molecule has 1 rings (SSSR count). The topological polar surface area (TPSA) is 55.0 Å². The predicted molar refractivity (Wildman–Crippen MR) is 54.7 cm³/mol. The summed E-state index contributed by atoms with van der Waals surface area (Å²) >= 11 is 0. The Morgan fingerprint density at radius 2 is 2.00 bits per heavy atom. The van der Waals surface area contributed by atoms with Crippen LogP contribution in [0.3, 0.4) is 0 Å². The molecular formula is C9H16N4. The zero-order valence-electron chi connectivity index (χ0n) is 8.41. The van der Waals surface area contributed by atoms with Crippen molar-refractivity contribution in [1.29, 1.82) is 0 Å². The molecule has 0 fully saturated rings. The van der Waals surface area contributed by atoms with Gasteiger partial charge in [-0.2, -0.15) is 4.98 Å². The molecule has 13 heavy (non-hydrogen) atoms. The van der Waals surface area contributed by atoms with Gasteiger partial charge in [0.05, 0.1) is 0 Å². The summed E-state index contributed by atoms with van der Waals surface area (Å²) in [6.45, 7) is 8.07. The maximum absolute atomic E-state index is 5.53. The Balaban J connectivity index is 3.03. The lowest BCUT2D eigenvalue weighted by molar-refractivity contribution is 0.837. The molecule has 0 aliphatic rings. The van der Waals surface area contributed by atoms with E-state index in [2.05, 4.69) is 28.7 Å². The van der Waals surface area contributed by atoms with Gasteiger partial charge >= 0.3 is 0 Å². The molecule has 0 saturated heterocycles. The van der Waals surface area contributed by atoms with Crippen LogP contribution in [0.25, 0.3) is 0 Å². The van der Waals surface area contributed by atoms with Crippen LogP contribution in [0.15, 0.2) is 6.20 Å². The quantitative estimate of drug-likeness (QED) is 0.759. The van der Waals surface area contributed by atoms with E-state index in [0.717, 1.165) is 24.5 Å². The normalized spacial score (nSPS) is 10.1. The summed E-state index contributed by atoms with van der Waals surface area (Å²) in [5, 5.41) is 0. The van der Waals surface area contributed by atoms with Gasteiger partial charge in [-0.15, -0.1) is 0 Å². The maximum atomic E-state index is 5.53. The zero-order chi connectivity index (χ0) is 9.84. The molecule has 1 heterocycles. The van der Waals surface area contributed by atoms with E-state index in [1.165, 1.54) is 0 Å². The summed E-state index contributed by atoms with van der Waals surface area (Å²) in [7, 11) is 0. The minimum absolute atomic E-state index is 0.340. The largest absolute Gasteiger partial charge is 0.368 e. The van der Waals surface area contributed by atoms with Gasteiger partial charge in [0.1, 0.15) is 5.82 Å². The van der Waals surface area contributed by atoms with Crippen molar-refractivity contribution in [2.45, 2.75) is 20.8 Å². The molecule has 0 saturated carbocycles. The van der Waals surface area contributed by atoms with Gasteiger partial charge in [-0.3, -0.25) is 0 Å². The van der Waals surface area contributed by atoms with Crippen molar-refractivity contribution < 1.29 is 0 Å². The van der Waals surface area contributed by atoms with Crippen molar-refractivity contribution in [2.75, 3.05) is 23.7 Å². The molecule has 1 aromatic heterocycles. The summed E-state index contributed by atoms with van der Waals surface area (Å²) < 4.78 is 0. The summed E-state index contributed by atoms with van der Waals surface area (Å²) in [5.41, 5.74) is 6.59. The monoisotopic (exact) mass is 180 g/mol. The van der Waals surface area contributed by atoms with Crippen LogP contribution >= 0.6 is 0 Å². The number of rotatable bonds is 3. The molecule has 0 spiro atoms. The molecule has 0 atom stereocenters. The molecule has 0 unspecified atom stereocenters. The summed E-state index contributed by atoms with van der Waals surface area (Å²) in [4.78, 5) is 10.3. The highest BCUT2D eigenvalue weighted by atomic mass is 15.2. The maximum Gasteiger partial charge on any atom is 0.221 e. The van der Waals surface area contributed by atoms with Crippen molar-refractivity contribution >= 4 is 11.8 Å². The van der Waals surface area contributed by atoms with E-state index in [9.17, 15) is 0 Å². The minimum Gasteiger partial charge on any atom is -0.368 e. The van der Waals surface area contributed by atoms with Gasteiger partial charge in [-0.25, -0.2) is 4.98 Å². The molecule has 4 heteroatoms. The molecule has 4 nitrogen and oxygen atoms in total. The Hall–Kier alpha value is -1.32. The van der Waals surface area contributed by atoms with E-state index < -0.39 is 0 Å². The third-order valence-corrected chi connectivity index (χ3v) is 2.03. The second-order valence-corrected chi connectivity index (χ2v) is 2.91. The molecule has 2 N–H and O–H groups in total. The molecule has 0 bridgehead atoms. The molecule has 0 aliphatic heterocycles. The van der Waals surface area contributed by atoms with E-state index in [4.69, 9.17) is 5.73 Å². The van der Waals surface area contributed by atoms with Crippen molar-refractivity contribution in [3.63, 3.8) is 0 Å². The Labute approximate surface area is 78.8 Å². The van der Waals surface area contributed by atoms with Crippen LogP contribution in [0.4, 0.5) is 11.8 Å². The second kappa shape index (κ2) is 4.07. The standard InChI is InChI=1S/C9H16N4/c1-4-13(5-2)8-7(3)6-11-9(10)12-8/h6H,4-5H2,1-3H3,(H2,10,11,12). The first-order chi connectivity index (χ1) is 6.19. The molecule has 1 aromatic rings. The van der Waals surface area contributed by atoms with Gasteiger partial charge in [-0.05, 0) is 20.8 Å². The van der Waals surface area contributed by atoms with Crippen molar-refractivity contribution in [3.05, 3.63) is 11.8 Å². The van der Waals surface area contributed by atoms with Crippen LogP contribution in [0, 0.1) is 6.92 Å². The van der Waals surface area contributed by atoms with Gasteiger partial charge in [0.25, 0.3) is 0 Å². The molecule has 0 aliphatic carbocycles. The number of aromatic nitrogens is 2. The highest BCUT2D eigenvalue weighted by Gasteiger charge is 2.07. The fraction of sp³-hybridized carbons (Fsp3) is 0.556. The van der Waals surface area contributed by atoms with Crippen LogP contribution < -0.4 is 10.6 Å². The first-order valence-electron chi connectivity index (χ1n) is 4.53. The van der Waals surface area contributed by atoms with Crippen LogP contribution in [-0.4, -0.2) is 23.1 Å². The Morgan fingerprint density at radius 3 is 2.54 bits per heavy atom. The summed E-state index contributed by atoms with van der Waals surface area (Å²) in [6.07, 6.45) is 1.76. The fourth-order valence-electron chi connectivity index (χ4n) is 1.29. The first-order valence-corrected chi connectivity index (χ1v) is 4.53. The van der Waals surface area contributed by atoms with Gasteiger partial charge in [0.15, 0.2) is 0 Å². The van der Waals surface area contributed by atoms with Gasteiger partial charge < -0.3 is 10.6 Å². The predicted octanol–water partition coefficient (Wildman–Crippen LogP) is 1.21. The van der Waals surface area contributed by atoms with E-state index in [-0.39, 0.29) is 0 Å². The van der Waals surface area contributed by atoms with Crippen LogP contribution in [0.1, 0.15) is 19.4 Å². The number of nitrogen functional groups attached to an aromatic ring is 1. The lowest BCUT2D eigenvalue weighted by atomic mass is 10.3. The average molecular weight is 180 g/mol. The van der Waals surface area contributed by atoms with E-state index in [1.54, 1.807) is 6.20 Å². The molecule has 0 amide bonds. The van der Waals surface area contributed by atoms with Crippen LogP contribution in [0.5, 0.6) is 0 Å². The number of hydrogen-bond donors (Lipinski definition) is 1. The number of nitrogens with zero attached hydrogens (tertiary/aromatic N) is 3. The minimum atomic E-state index is 0.340. The van der Waals surface area contributed by atoms with Crippen molar-refractivity contribution in [2.24, 2.45) is 0 Å². The molecule has 0 radical (unpaired) electrons. The zero-order valence-corrected chi connectivity index (χ0v) is 8.41. The van der Waals surface area contributed by atoms with Crippen LogP contribution in [0.2, 0.25) is 0 Å². The van der Waals surface area contributed by atoms with E-state index in [1.807, 2.05) is 6.92 Å². The fourth-order valence-corrected chi connectivity index (χ4v) is 1.29.